The molecule has 6 nitrogen and oxygen atoms in total. The van der Waals surface area contributed by atoms with Crippen molar-refractivity contribution in [2.45, 2.75) is 24.9 Å². The lowest BCUT2D eigenvalue weighted by molar-refractivity contribution is -0.0453. The molecule has 1 fully saturated rings. The monoisotopic (exact) mass is 321 g/mol. The van der Waals surface area contributed by atoms with Crippen molar-refractivity contribution in [1.82, 2.24) is 9.55 Å². The number of nitrogens with zero attached hydrogens (tertiary/aromatic N) is 2. The average molecular weight is 322 g/mol. The van der Waals surface area contributed by atoms with Crippen LogP contribution < -0.4 is 5.73 Å². The predicted octanol–water partition coefficient (Wildman–Crippen LogP) is 0.598. The first-order valence-corrected chi connectivity index (χ1v) is 6.21. The molecular weight excluding hydrogens is 310 g/mol. The molecule has 1 aromatic heterocycles. The molecule has 0 saturated carbocycles. The molecule has 94 valence electrons. The Morgan fingerprint density at radius 3 is 3.00 bits per heavy atom. The van der Waals surface area contributed by atoms with E-state index in [2.05, 4.69) is 20.9 Å². The van der Waals surface area contributed by atoms with Gasteiger partial charge in [-0.1, -0.05) is 0 Å². The van der Waals surface area contributed by atoms with E-state index in [4.69, 9.17) is 27.8 Å². The Morgan fingerprint density at radius 2 is 2.41 bits per heavy atom. The highest BCUT2D eigenvalue weighted by Gasteiger charge is 2.34. The number of rotatable bonds is 2. The van der Waals surface area contributed by atoms with Crippen LogP contribution in [0.25, 0.3) is 0 Å². The van der Waals surface area contributed by atoms with Crippen molar-refractivity contribution in [3.05, 3.63) is 15.4 Å². The first-order chi connectivity index (χ1) is 8.02. The molecular formula is C9H12BrN3O3S. The molecule has 17 heavy (non-hydrogen) atoms. The molecule has 0 amide bonds. The van der Waals surface area contributed by atoms with Gasteiger partial charge in [0.1, 0.15) is 18.1 Å². The van der Waals surface area contributed by atoms with Gasteiger partial charge in [-0.2, -0.15) is 0 Å². The Labute approximate surface area is 111 Å². The quantitative estimate of drug-likeness (QED) is 0.691. The summed E-state index contributed by atoms with van der Waals surface area (Å²) in [6.45, 7) is -0.228. The molecule has 0 aliphatic carbocycles. The molecule has 1 saturated heterocycles. The van der Waals surface area contributed by atoms with E-state index in [0.717, 1.165) is 0 Å². The van der Waals surface area contributed by atoms with E-state index in [-0.39, 0.29) is 11.4 Å². The van der Waals surface area contributed by atoms with Crippen molar-refractivity contribution >= 4 is 34.0 Å². The van der Waals surface area contributed by atoms with Crippen LogP contribution in [0.4, 0.5) is 5.82 Å². The second-order valence-electron chi connectivity index (χ2n) is 3.78. The van der Waals surface area contributed by atoms with Crippen LogP contribution >= 0.6 is 28.1 Å². The van der Waals surface area contributed by atoms with Gasteiger partial charge in [0, 0.05) is 12.6 Å². The van der Waals surface area contributed by atoms with E-state index < -0.39 is 18.4 Å². The number of nitrogens with two attached hydrogens (primary N) is 1. The average Bonchev–Trinajstić information content (AvgIpc) is 2.65. The van der Waals surface area contributed by atoms with Crippen molar-refractivity contribution in [1.29, 1.82) is 0 Å². The highest BCUT2D eigenvalue weighted by Crippen LogP contribution is 2.30. The van der Waals surface area contributed by atoms with Gasteiger partial charge in [0.05, 0.1) is 17.2 Å². The number of aromatic nitrogens is 2. The van der Waals surface area contributed by atoms with Crippen LogP contribution in [0.15, 0.2) is 10.7 Å². The fourth-order valence-electron chi connectivity index (χ4n) is 1.71. The first kappa shape index (κ1) is 12.9. The van der Waals surface area contributed by atoms with Gasteiger partial charge < -0.3 is 20.7 Å². The Balaban J connectivity index is 2.30. The number of anilines is 1. The summed E-state index contributed by atoms with van der Waals surface area (Å²) in [6, 6.07) is 0. The van der Waals surface area contributed by atoms with Crippen LogP contribution in [0.5, 0.6) is 0 Å². The SMILES string of the molecule is Nc1nc(=S)n([C@H]2C[C@H](O)[C@@H](CO)O2)cc1Br. The van der Waals surface area contributed by atoms with Gasteiger partial charge in [0.25, 0.3) is 0 Å². The molecule has 4 N–H and O–H groups in total. The number of hydrogen-bond acceptors (Lipinski definition) is 6. The van der Waals surface area contributed by atoms with Crippen molar-refractivity contribution in [2.24, 2.45) is 0 Å². The van der Waals surface area contributed by atoms with E-state index in [1.165, 1.54) is 0 Å². The minimum Gasteiger partial charge on any atom is -0.394 e. The van der Waals surface area contributed by atoms with E-state index in [1.807, 2.05) is 0 Å². The standard InChI is InChI=1S/C9H12BrN3O3S/c10-4-2-13(9(17)12-8(4)11)7-1-5(15)6(3-14)16-7/h2,5-7,14-15H,1,3H2,(H2,11,12,17)/t5-,6+,7+/m0/s1. The zero-order chi connectivity index (χ0) is 12.6. The summed E-state index contributed by atoms with van der Waals surface area (Å²) in [5.41, 5.74) is 5.60. The van der Waals surface area contributed by atoms with Gasteiger partial charge in [0.2, 0.25) is 4.77 Å². The molecule has 1 aliphatic heterocycles. The molecule has 2 rings (SSSR count). The molecule has 1 aliphatic rings. The first-order valence-electron chi connectivity index (χ1n) is 5.01. The molecule has 1 aromatic rings. The highest BCUT2D eigenvalue weighted by atomic mass is 79.9. The molecule has 0 radical (unpaired) electrons. The second kappa shape index (κ2) is 4.99. The van der Waals surface area contributed by atoms with E-state index >= 15 is 0 Å². The fraction of sp³-hybridized carbons (Fsp3) is 0.556. The van der Waals surface area contributed by atoms with Gasteiger partial charge in [0.15, 0.2) is 0 Å². The molecule has 0 unspecified atom stereocenters. The third kappa shape index (κ3) is 2.50. The summed E-state index contributed by atoms with van der Waals surface area (Å²) in [4.78, 5) is 3.98. The Morgan fingerprint density at radius 1 is 1.71 bits per heavy atom. The summed E-state index contributed by atoms with van der Waals surface area (Å²) in [6.07, 6.45) is 0.305. The fourth-order valence-corrected chi connectivity index (χ4v) is 2.29. The number of nitrogen functional groups attached to an aromatic ring is 1. The maximum Gasteiger partial charge on any atom is 0.203 e. The van der Waals surface area contributed by atoms with E-state index in [9.17, 15) is 5.11 Å². The van der Waals surface area contributed by atoms with Gasteiger partial charge in [-0.3, -0.25) is 4.57 Å². The van der Waals surface area contributed by atoms with Crippen LogP contribution in [0, 0.1) is 4.77 Å². The van der Waals surface area contributed by atoms with Crippen LogP contribution in [0.1, 0.15) is 12.6 Å². The number of halogens is 1. The summed E-state index contributed by atoms with van der Waals surface area (Å²) >= 11 is 8.33. The van der Waals surface area contributed by atoms with Crippen LogP contribution in [-0.4, -0.2) is 38.6 Å². The number of ether oxygens (including phenoxy) is 1. The topological polar surface area (TPSA) is 93.5 Å². The zero-order valence-corrected chi connectivity index (χ0v) is 11.2. The smallest absolute Gasteiger partial charge is 0.203 e. The van der Waals surface area contributed by atoms with Gasteiger partial charge in [-0.25, -0.2) is 4.98 Å². The lowest BCUT2D eigenvalue weighted by Gasteiger charge is -2.16. The molecule has 2 heterocycles. The van der Waals surface area contributed by atoms with Crippen LogP contribution in [0.2, 0.25) is 0 Å². The van der Waals surface area contributed by atoms with Gasteiger partial charge in [-0.05, 0) is 28.1 Å². The van der Waals surface area contributed by atoms with Crippen molar-refractivity contribution < 1.29 is 14.9 Å². The van der Waals surface area contributed by atoms with Crippen molar-refractivity contribution in [2.75, 3.05) is 12.3 Å². The Hall–Kier alpha value is -0.540. The lowest BCUT2D eigenvalue weighted by atomic mass is 10.2. The van der Waals surface area contributed by atoms with Crippen molar-refractivity contribution in [3.63, 3.8) is 0 Å². The second-order valence-corrected chi connectivity index (χ2v) is 5.00. The number of hydrogen-bond donors (Lipinski definition) is 3. The summed E-state index contributed by atoms with van der Waals surface area (Å²) in [5, 5.41) is 18.7. The molecule has 0 spiro atoms. The summed E-state index contributed by atoms with van der Waals surface area (Å²) in [5.74, 6) is 0.309. The molecule has 0 aromatic carbocycles. The highest BCUT2D eigenvalue weighted by molar-refractivity contribution is 9.10. The van der Waals surface area contributed by atoms with E-state index in [0.29, 0.717) is 16.7 Å². The number of aliphatic hydroxyl groups excluding tert-OH is 2. The normalized spacial score (nSPS) is 28.5. The summed E-state index contributed by atoms with van der Waals surface area (Å²) < 4.78 is 7.97. The molecule has 8 heteroatoms. The van der Waals surface area contributed by atoms with E-state index in [1.54, 1.807) is 10.8 Å². The maximum atomic E-state index is 9.65. The minimum atomic E-state index is -0.705. The van der Waals surface area contributed by atoms with Gasteiger partial charge >= 0.3 is 0 Å². The van der Waals surface area contributed by atoms with Crippen LogP contribution in [-0.2, 0) is 4.74 Å². The maximum absolute atomic E-state index is 9.65. The summed E-state index contributed by atoms with van der Waals surface area (Å²) in [7, 11) is 0. The van der Waals surface area contributed by atoms with Crippen LogP contribution in [0.3, 0.4) is 0 Å². The third-order valence-corrected chi connectivity index (χ3v) is 3.54. The molecule has 0 bridgehead atoms. The predicted molar refractivity (Wildman–Crippen MR) is 66.8 cm³/mol. The number of aliphatic hydroxyl groups is 2. The lowest BCUT2D eigenvalue weighted by Crippen LogP contribution is -2.24. The zero-order valence-electron chi connectivity index (χ0n) is 8.78. The van der Waals surface area contributed by atoms with Gasteiger partial charge in [-0.15, -0.1) is 0 Å². The third-order valence-electron chi connectivity index (χ3n) is 2.63. The largest absolute Gasteiger partial charge is 0.394 e. The molecule has 3 atom stereocenters. The Bertz CT molecular complexity index is 481. The minimum absolute atomic E-state index is 0.228. The van der Waals surface area contributed by atoms with Crippen molar-refractivity contribution in [3.8, 4) is 0 Å². The Kier molecular flexibility index (Phi) is 3.79.